The molecule has 0 aliphatic carbocycles. The van der Waals surface area contributed by atoms with Gasteiger partial charge in [-0.2, -0.15) is 0 Å². The van der Waals surface area contributed by atoms with Crippen LogP contribution in [0.25, 0.3) is 132 Å². The van der Waals surface area contributed by atoms with Crippen LogP contribution in [-0.4, -0.2) is 0 Å². The Morgan fingerprint density at radius 2 is 0.569 bits per heavy atom. The van der Waals surface area contributed by atoms with E-state index in [1.165, 1.54) is 98.7 Å². The molecule has 0 N–H and O–H groups in total. The number of benzene rings is 12. The molecule has 1 heterocycles. The van der Waals surface area contributed by atoms with Crippen molar-refractivity contribution in [1.29, 1.82) is 0 Å². The van der Waals surface area contributed by atoms with Crippen LogP contribution in [0.3, 0.4) is 0 Å². The third-order valence-corrected chi connectivity index (χ3v) is 13.4. The number of para-hydroxylation sites is 1. The van der Waals surface area contributed by atoms with Crippen LogP contribution >= 0.6 is 0 Å². The van der Waals surface area contributed by atoms with Crippen molar-refractivity contribution in [2.24, 2.45) is 0 Å². The fourth-order valence-electron chi connectivity index (χ4n) is 10.6. The third-order valence-electron chi connectivity index (χ3n) is 13.4. The Morgan fingerprint density at radius 3 is 1.05 bits per heavy atom. The molecule has 1 nitrogen and oxygen atoms in total. The van der Waals surface area contributed by atoms with Gasteiger partial charge in [-0.3, -0.25) is 0 Å². The van der Waals surface area contributed by atoms with Gasteiger partial charge in [0, 0.05) is 21.9 Å². The molecule has 0 bridgehead atoms. The van der Waals surface area contributed by atoms with Gasteiger partial charge in [0.25, 0.3) is 0 Å². The molecule has 0 fully saturated rings. The van der Waals surface area contributed by atoms with Crippen molar-refractivity contribution in [2.75, 3.05) is 0 Å². The standard InChI is InChI=1S/C64H40O/c1-4-19-41(20-5-1)45-37-46(42-21-6-2-7-22-42)39-47(38-45)62-53-29-14-16-31-55(53)63(56-32-17-15-30-54(56)62)58-34-18-33-57-48-36-35-44(40-59(48)65-64(57)58)61-51-27-12-10-25-49(51)60(43-23-8-3-9-24-43)50-26-11-13-28-52(50)61/h1-40H. The molecule has 0 saturated heterocycles. The zero-order valence-electron chi connectivity index (χ0n) is 35.5. The molecule has 13 rings (SSSR count). The predicted molar refractivity (Wildman–Crippen MR) is 276 cm³/mol. The second-order valence-electron chi connectivity index (χ2n) is 17.1. The molecule has 1 aromatic heterocycles. The van der Waals surface area contributed by atoms with Crippen molar-refractivity contribution < 1.29 is 4.42 Å². The van der Waals surface area contributed by atoms with Crippen molar-refractivity contribution in [1.82, 2.24) is 0 Å². The Labute approximate surface area is 377 Å². The monoisotopic (exact) mass is 824 g/mol. The average Bonchev–Trinajstić information content (AvgIpc) is 3.76. The van der Waals surface area contributed by atoms with Crippen LogP contribution in [0, 0.1) is 0 Å². The lowest BCUT2D eigenvalue weighted by molar-refractivity contribution is 0.670. The Kier molecular flexibility index (Phi) is 8.60. The largest absolute Gasteiger partial charge is 0.455 e. The highest BCUT2D eigenvalue weighted by Crippen LogP contribution is 2.49. The van der Waals surface area contributed by atoms with Gasteiger partial charge in [-0.05, 0) is 129 Å². The van der Waals surface area contributed by atoms with Gasteiger partial charge in [0.15, 0.2) is 0 Å². The average molecular weight is 825 g/mol. The fraction of sp³-hybridized carbons (Fsp3) is 0. The van der Waals surface area contributed by atoms with Crippen LogP contribution in [0.1, 0.15) is 0 Å². The predicted octanol–water partition coefficient (Wildman–Crippen LogP) is 18.2. The van der Waals surface area contributed by atoms with Gasteiger partial charge in [0.05, 0.1) is 0 Å². The van der Waals surface area contributed by atoms with Gasteiger partial charge >= 0.3 is 0 Å². The van der Waals surface area contributed by atoms with E-state index in [9.17, 15) is 0 Å². The van der Waals surface area contributed by atoms with E-state index in [2.05, 4.69) is 243 Å². The van der Waals surface area contributed by atoms with E-state index in [1.54, 1.807) is 0 Å². The van der Waals surface area contributed by atoms with Crippen LogP contribution in [0.15, 0.2) is 247 Å². The van der Waals surface area contributed by atoms with Crippen molar-refractivity contribution in [3.05, 3.63) is 243 Å². The van der Waals surface area contributed by atoms with E-state index < -0.39 is 0 Å². The zero-order valence-corrected chi connectivity index (χ0v) is 35.5. The van der Waals surface area contributed by atoms with E-state index in [0.717, 1.165) is 33.1 Å². The van der Waals surface area contributed by atoms with Gasteiger partial charge in [0.2, 0.25) is 0 Å². The van der Waals surface area contributed by atoms with Crippen LogP contribution in [-0.2, 0) is 0 Å². The van der Waals surface area contributed by atoms with Gasteiger partial charge in [0.1, 0.15) is 11.2 Å². The Balaban J connectivity index is 1.04. The summed E-state index contributed by atoms with van der Waals surface area (Å²) in [6, 6.07) is 88.3. The van der Waals surface area contributed by atoms with E-state index in [4.69, 9.17) is 4.42 Å². The van der Waals surface area contributed by atoms with E-state index in [1.807, 2.05) is 0 Å². The van der Waals surface area contributed by atoms with Gasteiger partial charge in [-0.25, -0.2) is 0 Å². The molecule has 65 heavy (non-hydrogen) atoms. The van der Waals surface area contributed by atoms with Crippen molar-refractivity contribution in [3.63, 3.8) is 0 Å². The molecule has 0 saturated carbocycles. The first-order valence-electron chi connectivity index (χ1n) is 22.4. The summed E-state index contributed by atoms with van der Waals surface area (Å²) in [7, 11) is 0. The molecule has 0 aliphatic rings. The highest BCUT2D eigenvalue weighted by molar-refractivity contribution is 6.25. The summed E-state index contributed by atoms with van der Waals surface area (Å²) >= 11 is 0. The first kappa shape index (κ1) is 37.1. The molecule has 0 unspecified atom stereocenters. The van der Waals surface area contributed by atoms with E-state index in [0.29, 0.717) is 0 Å². The van der Waals surface area contributed by atoms with Crippen LogP contribution < -0.4 is 0 Å². The minimum absolute atomic E-state index is 0.877. The molecular weight excluding hydrogens is 785 g/mol. The van der Waals surface area contributed by atoms with Gasteiger partial charge in [-0.1, -0.05) is 212 Å². The highest BCUT2D eigenvalue weighted by Gasteiger charge is 2.22. The molecule has 302 valence electrons. The summed E-state index contributed by atoms with van der Waals surface area (Å²) < 4.78 is 7.16. The number of hydrogen-bond donors (Lipinski definition) is 0. The summed E-state index contributed by atoms with van der Waals surface area (Å²) in [6.07, 6.45) is 0. The molecule has 0 atom stereocenters. The quantitative estimate of drug-likeness (QED) is 0.152. The maximum atomic E-state index is 7.16. The summed E-state index contributed by atoms with van der Waals surface area (Å²) in [5.74, 6) is 0. The molecule has 0 spiro atoms. The lowest BCUT2D eigenvalue weighted by atomic mass is 9.84. The van der Waals surface area contributed by atoms with Crippen molar-refractivity contribution >= 4 is 65.0 Å². The highest BCUT2D eigenvalue weighted by atomic mass is 16.3. The number of furan rings is 1. The maximum absolute atomic E-state index is 7.16. The minimum atomic E-state index is 0.877. The van der Waals surface area contributed by atoms with Crippen LogP contribution in [0.2, 0.25) is 0 Å². The van der Waals surface area contributed by atoms with Crippen LogP contribution in [0.4, 0.5) is 0 Å². The smallest absolute Gasteiger partial charge is 0.143 e. The van der Waals surface area contributed by atoms with Crippen LogP contribution in [0.5, 0.6) is 0 Å². The summed E-state index contributed by atoms with van der Waals surface area (Å²) in [5, 5.41) is 11.9. The minimum Gasteiger partial charge on any atom is -0.455 e. The lowest BCUT2D eigenvalue weighted by Crippen LogP contribution is -1.92. The SMILES string of the molecule is c1ccc(-c2cc(-c3ccccc3)cc(-c3c4ccccc4c(-c4cccc5c4oc4cc(-c6c7ccccc7c(-c7ccccc7)c7ccccc67)ccc45)c4ccccc34)c2)cc1. The molecule has 12 aromatic carbocycles. The first-order valence-corrected chi connectivity index (χ1v) is 22.4. The Bertz CT molecular complexity index is 3800. The first-order chi connectivity index (χ1) is 32.3. The Hall–Kier alpha value is -8.52. The van der Waals surface area contributed by atoms with E-state index in [-0.39, 0.29) is 0 Å². The molecular formula is C64H40O. The second kappa shape index (κ2) is 15.1. The van der Waals surface area contributed by atoms with Gasteiger partial charge < -0.3 is 4.42 Å². The third kappa shape index (κ3) is 6.01. The molecule has 0 radical (unpaired) electrons. The zero-order chi connectivity index (χ0) is 42.8. The molecule has 0 amide bonds. The normalized spacial score (nSPS) is 11.7. The summed E-state index contributed by atoms with van der Waals surface area (Å²) in [6.45, 7) is 0. The molecule has 0 aliphatic heterocycles. The summed E-state index contributed by atoms with van der Waals surface area (Å²) in [4.78, 5) is 0. The Morgan fingerprint density at radius 1 is 0.200 bits per heavy atom. The molecule has 1 heteroatoms. The van der Waals surface area contributed by atoms with Gasteiger partial charge in [-0.15, -0.1) is 0 Å². The maximum Gasteiger partial charge on any atom is 0.143 e. The van der Waals surface area contributed by atoms with Crippen molar-refractivity contribution in [2.45, 2.75) is 0 Å². The second-order valence-corrected chi connectivity index (χ2v) is 17.1. The van der Waals surface area contributed by atoms with E-state index >= 15 is 0 Å². The topological polar surface area (TPSA) is 13.1 Å². The fourth-order valence-corrected chi connectivity index (χ4v) is 10.6. The molecule has 13 aromatic rings. The lowest BCUT2D eigenvalue weighted by Gasteiger charge is -2.19. The van der Waals surface area contributed by atoms with Crippen molar-refractivity contribution in [3.8, 4) is 66.8 Å². The number of hydrogen-bond acceptors (Lipinski definition) is 1. The summed E-state index contributed by atoms with van der Waals surface area (Å²) in [5.41, 5.74) is 16.1. The number of rotatable bonds is 6. The number of fused-ring (bicyclic) bond motifs is 7.